The standard InChI is InChI=1S/C21H23N3O3/c25-21(20-4-2-14-27-20)22-18-7-5-17(6-8-18)15-23-9-11-24(12-10-23)16-19-3-1-13-26-19/h1-8,13-14H,9-12,15-16H2,(H,22,25). The van der Waals surface area contributed by atoms with Crippen molar-refractivity contribution < 1.29 is 13.6 Å². The third kappa shape index (κ3) is 4.67. The van der Waals surface area contributed by atoms with Gasteiger partial charge in [-0.3, -0.25) is 14.6 Å². The molecule has 0 bridgehead atoms. The lowest BCUT2D eigenvalue weighted by Gasteiger charge is -2.34. The van der Waals surface area contributed by atoms with E-state index in [4.69, 9.17) is 8.83 Å². The van der Waals surface area contributed by atoms with Crippen LogP contribution >= 0.6 is 0 Å². The Morgan fingerprint density at radius 1 is 0.852 bits per heavy atom. The molecule has 0 unspecified atom stereocenters. The average molecular weight is 365 g/mol. The Morgan fingerprint density at radius 2 is 1.52 bits per heavy atom. The highest BCUT2D eigenvalue weighted by atomic mass is 16.3. The number of hydrogen-bond donors (Lipinski definition) is 1. The third-order valence-corrected chi connectivity index (χ3v) is 4.79. The van der Waals surface area contributed by atoms with E-state index in [1.807, 2.05) is 24.3 Å². The van der Waals surface area contributed by atoms with Crippen LogP contribution in [0.5, 0.6) is 0 Å². The van der Waals surface area contributed by atoms with Crippen LogP contribution in [0.15, 0.2) is 69.9 Å². The normalized spacial score (nSPS) is 15.7. The number of anilines is 1. The van der Waals surface area contributed by atoms with Gasteiger partial charge in [0.1, 0.15) is 5.76 Å². The Bertz CT molecular complexity index is 833. The molecule has 6 heteroatoms. The molecule has 0 spiro atoms. The second-order valence-corrected chi connectivity index (χ2v) is 6.76. The van der Waals surface area contributed by atoms with Gasteiger partial charge in [0, 0.05) is 38.4 Å². The largest absolute Gasteiger partial charge is 0.468 e. The van der Waals surface area contributed by atoms with Crippen LogP contribution in [0, 0.1) is 0 Å². The summed E-state index contributed by atoms with van der Waals surface area (Å²) in [5.74, 6) is 1.10. The zero-order valence-electron chi connectivity index (χ0n) is 15.1. The van der Waals surface area contributed by atoms with Crippen LogP contribution in [0.4, 0.5) is 5.69 Å². The fraction of sp³-hybridized carbons (Fsp3) is 0.286. The van der Waals surface area contributed by atoms with Crippen molar-refractivity contribution in [2.45, 2.75) is 13.1 Å². The number of amides is 1. The number of nitrogens with one attached hydrogen (secondary N) is 1. The maximum absolute atomic E-state index is 12.0. The van der Waals surface area contributed by atoms with Crippen LogP contribution in [0.25, 0.3) is 0 Å². The molecule has 1 aromatic carbocycles. The van der Waals surface area contributed by atoms with E-state index in [-0.39, 0.29) is 5.91 Å². The summed E-state index contributed by atoms with van der Waals surface area (Å²) >= 11 is 0. The monoisotopic (exact) mass is 365 g/mol. The zero-order chi connectivity index (χ0) is 18.5. The molecule has 2 aromatic heterocycles. The molecule has 1 saturated heterocycles. The minimum absolute atomic E-state index is 0.236. The highest BCUT2D eigenvalue weighted by Crippen LogP contribution is 2.15. The van der Waals surface area contributed by atoms with Crippen molar-refractivity contribution in [2.75, 3.05) is 31.5 Å². The molecule has 1 aliphatic rings. The summed E-state index contributed by atoms with van der Waals surface area (Å²) in [4.78, 5) is 16.9. The van der Waals surface area contributed by atoms with Gasteiger partial charge in [-0.15, -0.1) is 0 Å². The van der Waals surface area contributed by atoms with Gasteiger partial charge in [0.25, 0.3) is 5.91 Å². The summed E-state index contributed by atoms with van der Waals surface area (Å²) in [6.07, 6.45) is 3.22. The molecule has 6 nitrogen and oxygen atoms in total. The van der Waals surface area contributed by atoms with Gasteiger partial charge in [-0.05, 0) is 42.0 Å². The number of carbonyl (C=O) groups excluding carboxylic acids is 1. The van der Waals surface area contributed by atoms with Crippen molar-refractivity contribution in [2.24, 2.45) is 0 Å². The maximum atomic E-state index is 12.0. The van der Waals surface area contributed by atoms with Crippen molar-refractivity contribution in [3.05, 3.63) is 78.1 Å². The van der Waals surface area contributed by atoms with Crippen LogP contribution in [-0.4, -0.2) is 41.9 Å². The Kier molecular flexibility index (Phi) is 5.37. The number of hydrogen-bond acceptors (Lipinski definition) is 5. The van der Waals surface area contributed by atoms with Gasteiger partial charge in [0.05, 0.1) is 19.1 Å². The molecular weight excluding hydrogens is 342 g/mol. The maximum Gasteiger partial charge on any atom is 0.291 e. The van der Waals surface area contributed by atoms with E-state index < -0.39 is 0 Å². The van der Waals surface area contributed by atoms with E-state index in [0.29, 0.717) is 5.76 Å². The average Bonchev–Trinajstić information content (AvgIpc) is 3.39. The van der Waals surface area contributed by atoms with E-state index in [1.54, 1.807) is 18.4 Å². The van der Waals surface area contributed by atoms with E-state index in [9.17, 15) is 4.79 Å². The third-order valence-electron chi connectivity index (χ3n) is 4.79. The van der Waals surface area contributed by atoms with E-state index >= 15 is 0 Å². The fourth-order valence-corrected chi connectivity index (χ4v) is 3.28. The molecule has 0 saturated carbocycles. The highest BCUT2D eigenvalue weighted by Gasteiger charge is 2.18. The number of carbonyl (C=O) groups is 1. The summed E-state index contributed by atoms with van der Waals surface area (Å²) in [7, 11) is 0. The van der Waals surface area contributed by atoms with Gasteiger partial charge in [-0.2, -0.15) is 0 Å². The molecule has 3 heterocycles. The van der Waals surface area contributed by atoms with Crippen molar-refractivity contribution >= 4 is 11.6 Å². The number of benzene rings is 1. The summed E-state index contributed by atoms with van der Waals surface area (Å²) < 4.78 is 10.5. The highest BCUT2D eigenvalue weighted by molar-refractivity contribution is 6.02. The lowest BCUT2D eigenvalue weighted by Crippen LogP contribution is -2.45. The topological polar surface area (TPSA) is 61.9 Å². The van der Waals surface area contributed by atoms with Crippen LogP contribution in [0.2, 0.25) is 0 Å². The molecule has 1 fully saturated rings. The van der Waals surface area contributed by atoms with Gasteiger partial charge in [-0.25, -0.2) is 0 Å². The quantitative estimate of drug-likeness (QED) is 0.725. The van der Waals surface area contributed by atoms with Crippen LogP contribution in [0.1, 0.15) is 21.9 Å². The molecule has 1 amide bonds. The summed E-state index contributed by atoms with van der Waals surface area (Å²) in [6.45, 7) is 5.96. The van der Waals surface area contributed by atoms with E-state index in [1.165, 1.54) is 11.8 Å². The van der Waals surface area contributed by atoms with Crippen LogP contribution < -0.4 is 5.32 Å². The fourth-order valence-electron chi connectivity index (χ4n) is 3.28. The zero-order valence-corrected chi connectivity index (χ0v) is 15.1. The first-order valence-corrected chi connectivity index (χ1v) is 9.17. The number of furan rings is 2. The molecule has 1 aliphatic heterocycles. The number of rotatable bonds is 6. The minimum atomic E-state index is -0.236. The second kappa shape index (κ2) is 8.24. The van der Waals surface area contributed by atoms with E-state index in [2.05, 4.69) is 27.2 Å². The Hall–Kier alpha value is -2.83. The molecule has 0 aliphatic carbocycles. The lowest BCUT2D eigenvalue weighted by molar-refractivity contribution is 0.0996. The molecule has 1 N–H and O–H groups in total. The molecule has 140 valence electrons. The molecule has 0 radical (unpaired) electrons. The summed E-state index contributed by atoms with van der Waals surface area (Å²) in [6, 6.07) is 15.3. The molecule has 27 heavy (non-hydrogen) atoms. The van der Waals surface area contributed by atoms with E-state index in [0.717, 1.165) is 50.7 Å². The Balaban J connectivity index is 1.25. The first kappa shape index (κ1) is 17.6. The molecule has 0 atom stereocenters. The summed E-state index contributed by atoms with van der Waals surface area (Å²) in [5, 5.41) is 2.84. The van der Waals surface area contributed by atoms with Gasteiger partial charge in [0.15, 0.2) is 5.76 Å². The Labute approximate surface area is 158 Å². The van der Waals surface area contributed by atoms with Gasteiger partial charge in [0.2, 0.25) is 0 Å². The van der Waals surface area contributed by atoms with Crippen molar-refractivity contribution in [1.29, 1.82) is 0 Å². The predicted octanol–water partition coefficient (Wildman–Crippen LogP) is 3.44. The van der Waals surface area contributed by atoms with Crippen molar-refractivity contribution in [1.82, 2.24) is 9.80 Å². The molecular formula is C21H23N3O3. The van der Waals surface area contributed by atoms with Gasteiger partial charge in [-0.1, -0.05) is 12.1 Å². The number of nitrogens with zero attached hydrogens (tertiary/aromatic N) is 2. The molecule has 3 aromatic rings. The van der Waals surface area contributed by atoms with Crippen molar-refractivity contribution in [3.63, 3.8) is 0 Å². The first-order valence-electron chi connectivity index (χ1n) is 9.17. The lowest BCUT2D eigenvalue weighted by atomic mass is 10.1. The van der Waals surface area contributed by atoms with Crippen LogP contribution in [-0.2, 0) is 13.1 Å². The second-order valence-electron chi connectivity index (χ2n) is 6.76. The summed E-state index contributed by atoms with van der Waals surface area (Å²) in [5.41, 5.74) is 2.01. The SMILES string of the molecule is O=C(Nc1ccc(CN2CCN(Cc3ccco3)CC2)cc1)c1ccco1. The minimum Gasteiger partial charge on any atom is -0.468 e. The number of piperazine rings is 1. The predicted molar refractivity (Wildman–Crippen MR) is 102 cm³/mol. The Morgan fingerprint density at radius 3 is 2.15 bits per heavy atom. The smallest absolute Gasteiger partial charge is 0.291 e. The van der Waals surface area contributed by atoms with Gasteiger partial charge >= 0.3 is 0 Å². The first-order chi connectivity index (χ1) is 13.3. The van der Waals surface area contributed by atoms with Crippen molar-refractivity contribution in [3.8, 4) is 0 Å². The molecule has 4 rings (SSSR count). The van der Waals surface area contributed by atoms with Crippen LogP contribution in [0.3, 0.4) is 0 Å². The van der Waals surface area contributed by atoms with Gasteiger partial charge < -0.3 is 14.2 Å².